The van der Waals surface area contributed by atoms with E-state index >= 15 is 0 Å². The normalized spacial score (nSPS) is 17.2. The van der Waals surface area contributed by atoms with E-state index in [0.717, 1.165) is 24.3 Å². The summed E-state index contributed by atoms with van der Waals surface area (Å²) in [6, 6.07) is 16.6. The molecule has 0 spiro atoms. The Morgan fingerprint density at radius 1 is 1.08 bits per heavy atom. The molecule has 3 rings (SSSR count). The van der Waals surface area contributed by atoms with Gasteiger partial charge in [-0.05, 0) is 56.0 Å². The van der Waals surface area contributed by atoms with E-state index in [1.165, 1.54) is 16.7 Å². The van der Waals surface area contributed by atoms with Gasteiger partial charge in [0.15, 0.2) is 0 Å². The van der Waals surface area contributed by atoms with Gasteiger partial charge in [0.2, 0.25) is 0 Å². The number of nitrogens with zero attached hydrogens (tertiary/aromatic N) is 1. The first-order valence-electron chi connectivity index (χ1n) is 8.82. The summed E-state index contributed by atoms with van der Waals surface area (Å²) in [5, 5.41) is 4.64. The maximum Gasteiger partial charge on any atom is 0.119 e. The van der Waals surface area contributed by atoms with Crippen LogP contribution in [0.3, 0.4) is 0 Å². The monoisotopic (exact) mass is 338 g/mol. The van der Waals surface area contributed by atoms with Gasteiger partial charge in [-0.3, -0.25) is 0 Å². The number of nitrogens with one attached hydrogen (secondary N) is 1. The lowest BCUT2D eigenvalue weighted by Crippen LogP contribution is -2.34. The lowest BCUT2D eigenvalue weighted by Gasteiger charge is -2.20. The van der Waals surface area contributed by atoms with Crippen molar-refractivity contribution in [2.45, 2.75) is 45.4 Å². The minimum atomic E-state index is 0.0706. The van der Waals surface area contributed by atoms with E-state index in [0.29, 0.717) is 6.61 Å². The van der Waals surface area contributed by atoms with Crippen LogP contribution in [0.5, 0.6) is 5.75 Å². The standard InChI is InChI=1S/C21H26N2O2/c1-15(16(2)25-14-17-7-5-4-6-8-17)22-23-21-12-9-18-13-19(24-3)10-11-20(18)21/h4-8,10-11,13,15-16,22H,9,12,14H2,1-3H3/b23-21+/t15-,16?/m0/s1. The van der Waals surface area contributed by atoms with Gasteiger partial charge in [0.25, 0.3) is 0 Å². The first-order valence-corrected chi connectivity index (χ1v) is 8.82. The summed E-state index contributed by atoms with van der Waals surface area (Å²) < 4.78 is 11.3. The predicted molar refractivity (Wildman–Crippen MR) is 101 cm³/mol. The lowest BCUT2D eigenvalue weighted by atomic mass is 10.1. The smallest absolute Gasteiger partial charge is 0.119 e. The SMILES string of the molecule is COc1ccc2c(c1)CC/C2=N\N[C@@H](C)C(C)OCc1ccccc1. The van der Waals surface area contributed by atoms with Crippen LogP contribution in [0.1, 0.15) is 37.0 Å². The Kier molecular flexibility index (Phi) is 5.71. The summed E-state index contributed by atoms with van der Waals surface area (Å²) in [6.07, 6.45) is 2.05. The average Bonchev–Trinajstić information content (AvgIpc) is 3.07. The van der Waals surface area contributed by atoms with Crippen molar-refractivity contribution in [3.05, 3.63) is 65.2 Å². The maximum absolute atomic E-state index is 5.96. The van der Waals surface area contributed by atoms with Crippen LogP contribution in [0, 0.1) is 0 Å². The molecule has 0 radical (unpaired) electrons. The minimum absolute atomic E-state index is 0.0706. The molecule has 1 aliphatic carbocycles. The van der Waals surface area contributed by atoms with Gasteiger partial charge in [-0.2, -0.15) is 5.10 Å². The van der Waals surface area contributed by atoms with Crippen molar-refractivity contribution in [3.8, 4) is 5.75 Å². The Balaban J connectivity index is 1.55. The second-order valence-corrected chi connectivity index (χ2v) is 6.50. The number of rotatable bonds is 7. The number of methoxy groups -OCH3 is 1. The summed E-state index contributed by atoms with van der Waals surface area (Å²) in [6.45, 7) is 4.80. The Labute approximate surface area is 149 Å². The third-order valence-corrected chi connectivity index (χ3v) is 4.72. The highest BCUT2D eigenvalue weighted by Gasteiger charge is 2.19. The Morgan fingerprint density at radius 3 is 2.64 bits per heavy atom. The summed E-state index contributed by atoms with van der Waals surface area (Å²) in [5.74, 6) is 0.907. The third kappa shape index (κ3) is 4.40. The number of hydrogen-bond donors (Lipinski definition) is 1. The summed E-state index contributed by atoms with van der Waals surface area (Å²) in [4.78, 5) is 0. The van der Waals surface area contributed by atoms with Crippen LogP contribution in [0.4, 0.5) is 0 Å². The van der Waals surface area contributed by atoms with E-state index in [-0.39, 0.29) is 12.1 Å². The molecule has 0 aromatic heterocycles. The number of hydrogen-bond acceptors (Lipinski definition) is 4. The first kappa shape index (κ1) is 17.5. The zero-order valence-electron chi connectivity index (χ0n) is 15.2. The largest absolute Gasteiger partial charge is 0.497 e. The number of fused-ring (bicyclic) bond motifs is 1. The molecule has 0 saturated carbocycles. The topological polar surface area (TPSA) is 42.8 Å². The third-order valence-electron chi connectivity index (χ3n) is 4.72. The van der Waals surface area contributed by atoms with Crippen LogP contribution in [0.25, 0.3) is 0 Å². The van der Waals surface area contributed by atoms with E-state index in [9.17, 15) is 0 Å². The van der Waals surface area contributed by atoms with E-state index in [2.05, 4.69) is 48.6 Å². The number of aryl methyl sites for hydroxylation is 1. The molecule has 2 aromatic carbocycles. The molecule has 0 amide bonds. The molecule has 0 bridgehead atoms. The van der Waals surface area contributed by atoms with Crippen molar-refractivity contribution in [1.29, 1.82) is 0 Å². The molecule has 2 atom stereocenters. The van der Waals surface area contributed by atoms with Crippen molar-refractivity contribution in [2.75, 3.05) is 7.11 Å². The molecule has 2 aromatic rings. The molecule has 1 unspecified atom stereocenters. The van der Waals surface area contributed by atoms with E-state index < -0.39 is 0 Å². The van der Waals surface area contributed by atoms with Crippen LogP contribution in [-0.2, 0) is 17.8 Å². The Hall–Kier alpha value is -2.33. The molecular formula is C21H26N2O2. The summed E-state index contributed by atoms with van der Waals surface area (Å²) in [7, 11) is 1.70. The molecule has 0 heterocycles. The van der Waals surface area contributed by atoms with Crippen LogP contribution >= 0.6 is 0 Å². The van der Waals surface area contributed by atoms with Gasteiger partial charge in [-0.1, -0.05) is 30.3 Å². The summed E-state index contributed by atoms with van der Waals surface area (Å²) in [5.41, 5.74) is 8.09. The first-order chi connectivity index (χ1) is 12.2. The van der Waals surface area contributed by atoms with Crippen LogP contribution in [0.2, 0.25) is 0 Å². The number of ether oxygens (including phenoxy) is 2. The maximum atomic E-state index is 5.96. The van der Waals surface area contributed by atoms with Crippen molar-refractivity contribution >= 4 is 5.71 Å². The highest BCUT2D eigenvalue weighted by atomic mass is 16.5. The van der Waals surface area contributed by atoms with Crippen LogP contribution in [0.15, 0.2) is 53.6 Å². The fraction of sp³-hybridized carbons (Fsp3) is 0.381. The zero-order valence-corrected chi connectivity index (χ0v) is 15.2. The van der Waals surface area contributed by atoms with Crippen molar-refractivity contribution in [1.82, 2.24) is 5.43 Å². The number of hydrazone groups is 1. The summed E-state index contributed by atoms with van der Waals surface area (Å²) >= 11 is 0. The second kappa shape index (κ2) is 8.17. The van der Waals surface area contributed by atoms with Gasteiger partial charge >= 0.3 is 0 Å². The molecule has 132 valence electrons. The molecule has 1 N–H and O–H groups in total. The second-order valence-electron chi connectivity index (χ2n) is 6.50. The van der Waals surface area contributed by atoms with E-state index in [1.54, 1.807) is 7.11 Å². The van der Waals surface area contributed by atoms with E-state index in [4.69, 9.17) is 9.47 Å². The molecule has 4 nitrogen and oxygen atoms in total. The fourth-order valence-corrected chi connectivity index (χ4v) is 2.92. The molecule has 0 fully saturated rings. The molecule has 0 aliphatic heterocycles. The molecule has 25 heavy (non-hydrogen) atoms. The molecule has 1 aliphatic rings. The van der Waals surface area contributed by atoms with Gasteiger partial charge in [-0.25, -0.2) is 0 Å². The minimum Gasteiger partial charge on any atom is -0.497 e. The quantitative estimate of drug-likeness (QED) is 0.778. The van der Waals surface area contributed by atoms with Gasteiger partial charge in [0.05, 0.1) is 31.6 Å². The highest BCUT2D eigenvalue weighted by molar-refractivity contribution is 6.04. The van der Waals surface area contributed by atoms with Crippen molar-refractivity contribution in [3.63, 3.8) is 0 Å². The fourth-order valence-electron chi connectivity index (χ4n) is 2.92. The zero-order chi connectivity index (χ0) is 17.6. The Morgan fingerprint density at radius 2 is 1.88 bits per heavy atom. The van der Waals surface area contributed by atoms with Gasteiger partial charge in [0, 0.05) is 5.56 Å². The van der Waals surface area contributed by atoms with Crippen molar-refractivity contribution < 1.29 is 9.47 Å². The van der Waals surface area contributed by atoms with Gasteiger partial charge < -0.3 is 14.9 Å². The lowest BCUT2D eigenvalue weighted by molar-refractivity contribution is 0.0315. The highest BCUT2D eigenvalue weighted by Crippen LogP contribution is 2.26. The van der Waals surface area contributed by atoms with Gasteiger partial charge in [-0.15, -0.1) is 0 Å². The van der Waals surface area contributed by atoms with Crippen LogP contribution < -0.4 is 10.2 Å². The van der Waals surface area contributed by atoms with Gasteiger partial charge in [0.1, 0.15) is 5.75 Å². The molecular weight excluding hydrogens is 312 g/mol. The Bertz CT molecular complexity index is 728. The van der Waals surface area contributed by atoms with Crippen molar-refractivity contribution in [2.24, 2.45) is 5.10 Å². The predicted octanol–water partition coefficient (Wildman–Crippen LogP) is 3.93. The molecule has 0 saturated heterocycles. The van der Waals surface area contributed by atoms with Crippen LogP contribution in [-0.4, -0.2) is 25.0 Å². The molecule has 4 heteroatoms. The number of benzene rings is 2. The average molecular weight is 338 g/mol. The van der Waals surface area contributed by atoms with E-state index in [1.807, 2.05) is 24.3 Å².